The summed E-state index contributed by atoms with van der Waals surface area (Å²) < 4.78 is 0. The molecule has 1 fully saturated rings. The minimum absolute atomic E-state index is 0.0763. The van der Waals surface area contributed by atoms with Crippen LogP contribution in [0.5, 0.6) is 0 Å². The van der Waals surface area contributed by atoms with Gasteiger partial charge in [-0.3, -0.25) is 14.5 Å². The van der Waals surface area contributed by atoms with Crippen LogP contribution in [-0.4, -0.2) is 47.1 Å². The fraction of sp³-hybridized carbons (Fsp3) is 0.750. The van der Waals surface area contributed by atoms with E-state index in [9.17, 15) is 9.59 Å². The van der Waals surface area contributed by atoms with Gasteiger partial charge >= 0.3 is 5.97 Å². The van der Waals surface area contributed by atoms with Crippen LogP contribution < -0.4 is 5.32 Å². The summed E-state index contributed by atoms with van der Waals surface area (Å²) in [6.45, 7) is 5.73. The molecule has 0 aromatic heterocycles. The Balaban J connectivity index is 2.51. The predicted octanol–water partition coefficient (Wildman–Crippen LogP) is 1.48. The summed E-state index contributed by atoms with van der Waals surface area (Å²) in [6, 6.07) is 0. The van der Waals surface area contributed by atoms with Crippen LogP contribution in [0, 0.1) is 18.3 Å². The number of carbonyl (C=O) groups is 2. The number of nitrogens with one attached hydrogen (secondary N) is 1. The minimum Gasteiger partial charge on any atom is -0.481 e. The molecule has 21 heavy (non-hydrogen) atoms. The second-order valence-electron chi connectivity index (χ2n) is 5.82. The molecule has 0 saturated carbocycles. The molecule has 5 nitrogen and oxygen atoms in total. The predicted molar refractivity (Wildman–Crippen MR) is 81.7 cm³/mol. The zero-order valence-electron chi connectivity index (χ0n) is 13.0. The lowest BCUT2D eigenvalue weighted by molar-refractivity contribution is -0.138. The number of carboxylic acids is 1. The van der Waals surface area contributed by atoms with Crippen LogP contribution in [0.1, 0.15) is 46.0 Å². The van der Waals surface area contributed by atoms with Gasteiger partial charge in [0.25, 0.3) is 0 Å². The lowest BCUT2D eigenvalue weighted by atomic mass is 9.93. The Morgan fingerprint density at radius 2 is 2.10 bits per heavy atom. The van der Waals surface area contributed by atoms with E-state index in [4.69, 9.17) is 11.5 Å². The van der Waals surface area contributed by atoms with Gasteiger partial charge in [-0.15, -0.1) is 6.42 Å². The summed E-state index contributed by atoms with van der Waals surface area (Å²) in [7, 11) is 0. The highest BCUT2D eigenvalue weighted by molar-refractivity contribution is 5.79. The zero-order chi connectivity index (χ0) is 15.9. The molecule has 0 bridgehead atoms. The first-order valence-electron chi connectivity index (χ1n) is 7.67. The summed E-state index contributed by atoms with van der Waals surface area (Å²) in [5.41, 5.74) is -0.562. The molecule has 0 aromatic rings. The largest absolute Gasteiger partial charge is 0.481 e. The molecule has 0 aromatic carbocycles. The van der Waals surface area contributed by atoms with E-state index in [0.717, 1.165) is 19.4 Å². The summed E-state index contributed by atoms with van der Waals surface area (Å²) in [4.78, 5) is 25.0. The summed E-state index contributed by atoms with van der Waals surface area (Å²) in [5, 5.41) is 11.8. The number of terminal acetylenes is 1. The smallest absolute Gasteiger partial charge is 0.303 e. The maximum absolute atomic E-state index is 12.2. The molecule has 1 saturated heterocycles. The van der Waals surface area contributed by atoms with Gasteiger partial charge in [0.15, 0.2) is 0 Å². The average Bonchev–Trinajstić information content (AvgIpc) is 2.44. The molecular formula is C16H26N2O3. The van der Waals surface area contributed by atoms with Crippen molar-refractivity contribution in [2.24, 2.45) is 5.92 Å². The Kier molecular flexibility index (Phi) is 6.70. The van der Waals surface area contributed by atoms with Crippen LogP contribution in [0.2, 0.25) is 0 Å². The van der Waals surface area contributed by atoms with Crippen LogP contribution in [0.4, 0.5) is 0 Å². The number of rotatable bonds is 7. The van der Waals surface area contributed by atoms with E-state index in [2.05, 4.69) is 11.2 Å². The molecule has 1 amide bonds. The second kappa shape index (κ2) is 8.04. The highest BCUT2D eigenvalue weighted by atomic mass is 16.4. The summed E-state index contributed by atoms with van der Waals surface area (Å²) in [6.07, 6.45) is 8.98. The quantitative estimate of drug-likeness (QED) is 0.698. The van der Waals surface area contributed by atoms with Gasteiger partial charge in [0.05, 0.1) is 6.54 Å². The van der Waals surface area contributed by atoms with Gasteiger partial charge in [0.2, 0.25) is 5.91 Å². The lowest BCUT2D eigenvalue weighted by Crippen LogP contribution is -2.51. The number of hydrogen-bond acceptors (Lipinski definition) is 3. The number of nitrogens with zero attached hydrogens (tertiary/aromatic N) is 1. The Morgan fingerprint density at radius 1 is 1.43 bits per heavy atom. The van der Waals surface area contributed by atoms with E-state index in [-0.39, 0.29) is 18.2 Å². The van der Waals surface area contributed by atoms with E-state index in [1.165, 1.54) is 0 Å². The van der Waals surface area contributed by atoms with E-state index >= 15 is 0 Å². The van der Waals surface area contributed by atoms with Crippen molar-refractivity contribution in [2.75, 3.05) is 19.6 Å². The molecule has 1 unspecified atom stereocenters. The monoisotopic (exact) mass is 294 g/mol. The lowest BCUT2D eigenvalue weighted by Gasteiger charge is -2.33. The molecule has 1 rings (SSSR count). The molecular weight excluding hydrogens is 268 g/mol. The topological polar surface area (TPSA) is 69.6 Å². The van der Waals surface area contributed by atoms with Crippen molar-refractivity contribution in [3.05, 3.63) is 0 Å². The zero-order valence-corrected chi connectivity index (χ0v) is 13.0. The minimum atomic E-state index is -0.769. The van der Waals surface area contributed by atoms with E-state index < -0.39 is 11.5 Å². The normalized spacial score (nSPS) is 19.8. The Labute approximate surface area is 127 Å². The van der Waals surface area contributed by atoms with E-state index in [1.54, 1.807) is 0 Å². The first kappa shape index (κ1) is 17.5. The Hall–Kier alpha value is -1.54. The van der Waals surface area contributed by atoms with Crippen LogP contribution in [0.25, 0.3) is 0 Å². The number of piperidine rings is 1. The van der Waals surface area contributed by atoms with Crippen LogP contribution >= 0.6 is 0 Å². The fourth-order valence-corrected chi connectivity index (χ4v) is 2.88. The highest BCUT2D eigenvalue weighted by Crippen LogP contribution is 2.19. The molecule has 5 heteroatoms. The Morgan fingerprint density at radius 3 is 2.62 bits per heavy atom. The van der Waals surface area contributed by atoms with Gasteiger partial charge < -0.3 is 10.4 Å². The Bertz CT molecular complexity index is 410. The third-order valence-corrected chi connectivity index (χ3v) is 4.30. The van der Waals surface area contributed by atoms with Crippen LogP contribution in [-0.2, 0) is 9.59 Å². The van der Waals surface area contributed by atoms with Crippen molar-refractivity contribution in [1.82, 2.24) is 10.2 Å². The van der Waals surface area contributed by atoms with Gasteiger partial charge in [-0.05, 0) is 38.1 Å². The van der Waals surface area contributed by atoms with Crippen LogP contribution in [0.15, 0.2) is 0 Å². The summed E-state index contributed by atoms with van der Waals surface area (Å²) >= 11 is 0. The fourth-order valence-electron chi connectivity index (χ4n) is 2.88. The van der Waals surface area contributed by atoms with E-state index in [1.807, 2.05) is 18.7 Å². The van der Waals surface area contributed by atoms with Crippen LogP contribution in [0.3, 0.4) is 0 Å². The van der Waals surface area contributed by atoms with Gasteiger partial charge in [-0.1, -0.05) is 19.8 Å². The van der Waals surface area contributed by atoms with Crippen molar-refractivity contribution >= 4 is 11.9 Å². The first-order chi connectivity index (χ1) is 9.94. The molecule has 1 aliphatic rings. The number of amides is 1. The highest BCUT2D eigenvalue weighted by Gasteiger charge is 2.28. The molecule has 2 N–H and O–H groups in total. The maximum atomic E-state index is 12.2. The van der Waals surface area contributed by atoms with Crippen molar-refractivity contribution in [3.63, 3.8) is 0 Å². The number of hydrogen-bond donors (Lipinski definition) is 2. The maximum Gasteiger partial charge on any atom is 0.303 e. The molecule has 0 radical (unpaired) electrons. The van der Waals surface area contributed by atoms with E-state index in [0.29, 0.717) is 25.9 Å². The molecule has 0 aliphatic carbocycles. The molecule has 1 atom stereocenters. The van der Waals surface area contributed by atoms with Crippen molar-refractivity contribution in [3.8, 4) is 12.3 Å². The standard InChI is InChI=1S/C16H26N2O3/c1-4-16(5-2,6-3)17-14(19)12-18-9-7-8-13(11-18)10-15(20)21/h1,13H,5-12H2,2-3H3,(H,17,19)(H,20,21). The summed E-state index contributed by atoms with van der Waals surface area (Å²) in [5.74, 6) is 1.98. The van der Waals surface area contributed by atoms with Gasteiger partial charge in [-0.25, -0.2) is 0 Å². The van der Waals surface area contributed by atoms with Crippen molar-refractivity contribution < 1.29 is 14.7 Å². The average molecular weight is 294 g/mol. The number of aliphatic carboxylic acids is 1. The molecule has 1 aliphatic heterocycles. The van der Waals surface area contributed by atoms with Crippen molar-refractivity contribution in [1.29, 1.82) is 0 Å². The number of carbonyl (C=O) groups excluding carboxylic acids is 1. The molecule has 0 spiro atoms. The SMILES string of the molecule is C#CC(CC)(CC)NC(=O)CN1CCCC(CC(=O)O)C1. The second-order valence-corrected chi connectivity index (χ2v) is 5.82. The third kappa shape index (κ3) is 5.39. The van der Waals surface area contributed by atoms with Crippen molar-refractivity contribution in [2.45, 2.75) is 51.5 Å². The van der Waals surface area contributed by atoms with Gasteiger partial charge in [-0.2, -0.15) is 0 Å². The molecule has 1 heterocycles. The van der Waals surface area contributed by atoms with Gasteiger partial charge in [0, 0.05) is 13.0 Å². The third-order valence-electron chi connectivity index (χ3n) is 4.30. The number of likely N-dealkylation sites (tertiary alicyclic amines) is 1. The first-order valence-corrected chi connectivity index (χ1v) is 7.67. The number of carboxylic acid groups (broad SMARTS) is 1. The molecule has 118 valence electrons. The van der Waals surface area contributed by atoms with Gasteiger partial charge in [0.1, 0.15) is 5.54 Å².